The highest BCUT2D eigenvalue weighted by molar-refractivity contribution is 8.01. The number of methoxy groups -OCH3 is 1. The zero-order valence-electron chi connectivity index (χ0n) is 18.3. The van der Waals surface area contributed by atoms with Crippen LogP contribution in [-0.4, -0.2) is 46.1 Å². The molecule has 0 radical (unpaired) electrons. The molecule has 0 aliphatic carbocycles. The van der Waals surface area contributed by atoms with Crippen molar-refractivity contribution in [2.45, 2.75) is 30.0 Å². The number of anilines is 1. The number of aromatic nitrogens is 2. The number of nitrogens with zero attached hydrogens (tertiary/aromatic N) is 3. The molecule has 1 N–H and O–H groups in total. The summed E-state index contributed by atoms with van der Waals surface area (Å²) in [5.41, 5.74) is 1.94. The Morgan fingerprint density at radius 1 is 1.19 bits per heavy atom. The molecule has 1 aromatic heterocycles. The minimum Gasteiger partial charge on any atom is -0.480 e. The molecule has 168 valence electrons. The minimum atomic E-state index is -0.885. The Morgan fingerprint density at radius 3 is 2.59 bits per heavy atom. The molecule has 0 aliphatic rings. The Bertz CT molecular complexity index is 1060. The molecule has 2 aromatic carbocycles. The molecule has 0 unspecified atom stereocenters. The molecule has 6 nitrogen and oxygen atoms in total. The average molecular weight is 472 g/mol. The van der Waals surface area contributed by atoms with Gasteiger partial charge in [-0.1, -0.05) is 35.9 Å². The summed E-state index contributed by atoms with van der Waals surface area (Å²) in [6, 6.07) is 17.3. The van der Waals surface area contributed by atoms with Gasteiger partial charge in [0, 0.05) is 41.9 Å². The maximum Gasteiger partial charge on any atom is 0.319 e. The number of carboxylic acids is 1. The minimum absolute atomic E-state index is 0.553. The van der Waals surface area contributed by atoms with E-state index in [9.17, 15) is 9.90 Å². The third-order valence-corrected chi connectivity index (χ3v) is 6.23. The van der Waals surface area contributed by atoms with E-state index >= 15 is 0 Å². The van der Waals surface area contributed by atoms with Crippen molar-refractivity contribution in [3.8, 4) is 11.4 Å². The summed E-state index contributed by atoms with van der Waals surface area (Å²) in [6.45, 7) is 5.24. The van der Waals surface area contributed by atoms with Gasteiger partial charge < -0.3 is 14.7 Å². The topological polar surface area (TPSA) is 75.5 Å². The monoisotopic (exact) mass is 471 g/mol. The van der Waals surface area contributed by atoms with E-state index in [0.29, 0.717) is 30.5 Å². The third-order valence-electron chi connectivity index (χ3n) is 4.80. The fraction of sp³-hybridized carbons (Fsp3) is 0.292. The van der Waals surface area contributed by atoms with Gasteiger partial charge in [0.05, 0.1) is 6.61 Å². The number of halogens is 1. The quantitative estimate of drug-likeness (QED) is 0.396. The van der Waals surface area contributed by atoms with E-state index in [1.807, 2.05) is 54.6 Å². The molecule has 0 saturated heterocycles. The first kappa shape index (κ1) is 24.0. The molecule has 0 aliphatic heterocycles. The van der Waals surface area contributed by atoms with Gasteiger partial charge in [-0.3, -0.25) is 4.79 Å². The van der Waals surface area contributed by atoms with Crippen molar-refractivity contribution in [1.82, 2.24) is 9.97 Å². The van der Waals surface area contributed by atoms with Gasteiger partial charge in [0.1, 0.15) is 10.6 Å². The van der Waals surface area contributed by atoms with Crippen LogP contribution >= 0.6 is 23.4 Å². The van der Waals surface area contributed by atoms with Crippen LogP contribution in [0.15, 0.2) is 65.7 Å². The molecule has 8 heteroatoms. The molecular weight excluding hydrogens is 446 g/mol. The Kier molecular flexibility index (Phi) is 8.12. The van der Waals surface area contributed by atoms with Crippen molar-refractivity contribution in [3.63, 3.8) is 0 Å². The molecule has 3 rings (SSSR count). The summed E-state index contributed by atoms with van der Waals surface area (Å²) in [5, 5.41) is 9.98. The number of ether oxygens (including phenoxy) is 1. The smallest absolute Gasteiger partial charge is 0.319 e. The van der Waals surface area contributed by atoms with Gasteiger partial charge >= 0.3 is 5.97 Å². The first-order valence-electron chi connectivity index (χ1n) is 10.1. The predicted octanol–water partition coefficient (Wildman–Crippen LogP) is 5.41. The van der Waals surface area contributed by atoms with Crippen molar-refractivity contribution in [3.05, 3.63) is 71.4 Å². The van der Waals surface area contributed by atoms with Gasteiger partial charge in [-0.2, -0.15) is 0 Å². The second-order valence-corrected chi connectivity index (χ2v) is 9.86. The maximum atomic E-state index is 11.4. The Hall–Kier alpha value is -2.61. The van der Waals surface area contributed by atoms with Gasteiger partial charge in [-0.05, 0) is 49.7 Å². The number of benzene rings is 2. The highest BCUT2D eigenvalue weighted by Crippen LogP contribution is 2.33. The first-order valence-corrected chi connectivity index (χ1v) is 11.3. The van der Waals surface area contributed by atoms with E-state index in [-0.39, 0.29) is 0 Å². The molecular formula is C24H26ClN3O3S. The predicted molar refractivity (Wildman–Crippen MR) is 129 cm³/mol. The average Bonchev–Trinajstić information content (AvgIpc) is 2.77. The molecule has 0 bridgehead atoms. The maximum absolute atomic E-state index is 11.4. The molecule has 0 saturated carbocycles. The Labute approximate surface area is 197 Å². The number of thioether (sulfide) groups is 1. The Balaban J connectivity index is 1.80. The van der Waals surface area contributed by atoms with Gasteiger partial charge in [0.15, 0.2) is 5.82 Å². The van der Waals surface area contributed by atoms with Gasteiger partial charge in [0.2, 0.25) is 0 Å². The zero-order valence-corrected chi connectivity index (χ0v) is 19.9. The lowest BCUT2D eigenvalue weighted by molar-refractivity contribution is -0.138. The summed E-state index contributed by atoms with van der Waals surface area (Å²) in [5.74, 6) is 0.559. The lowest BCUT2D eigenvalue weighted by atomic mass is 10.2. The van der Waals surface area contributed by atoms with Gasteiger partial charge in [0.25, 0.3) is 0 Å². The summed E-state index contributed by atoms with van der Waals surface area (Å²) in [7, 11) is 1.67. The largest absolute Gasteiger partial charge is 0.480 e. The van der Waals surface area contributed by atoms with E-state index in [1.54, 1.807) is 27.2 Å². The lowest BCUT2D eigenvalue weighted by Crippen LogP contribution is -2.28. The van der Waals surface area contributed by atoms with Crippen LogP contribution in [-0.2, 0) is 16.1 Å². The number of hydrogen-bond donors (Lipinski definition) is 1. The van der Waals surface area contributed by atoms with Crippen LogP contribution in [0.2, 0.25) is 5.02 Å². The lowest BCUT2D eigenvalue weighted by Gasteiger charge is -2.24. The molecule has 0 atom stereocenters. The fourth-order valence-corrected chi connectivity index (χ4v) is 4.13. The summed E-state index contributed by atoms with van der Waals surface area (Å²) >= 11 is 7.45. The molecule has 1 heterocycles. The van der Waals surface area contributed by atoms with Crippen LogP contribution in [0.4, 0.5) is 5.82 Å². The van der Waals surface area contributed by atoms with E-state index in [1.165, 1.54) is 11.8 Å². The summed E-state index contributed by atoms with van der Waals surface area (Å²) in [6.07, 6.45) is 1.74. The number of rotatable bonds is 10. The first-order chi connectivity index (χ1) is 15.3. The number of hydrogen-bond acceptors (Lipinski definition) is 6. The summed E-state index contributed by atoms with van der Waals surface area (Å²) in [4.78, 5) is 23.6. The van der Waals surface area contributed by atoms with Crippen LogP contribution in [0.25, 0.3) is 11.4 Å². The molecule has 0 amide bonds. The van der Waals surface area contributed by atoms with E-state index in [4.69, 9.17) is 21.3 Å². The van der Waals surface area contributed by atoms with Crippen LogP contribution in [0.1, 0.15) is 19.4 Å². The van der Waals surface area contributed by atoms with Crippen molar-refractivity contribution >= 4 is 35.1 Å². The zero-order chi connectivity index (χ0) is 23.1. The Morgan fingerprint density at radius 2 is 1.94 bits per heavy atom. The van der Waals surface area contributed by atoms with Crippen LogP contribution in [0, 0.1) is 0 Å². The second kappa shape index (κ2) is 10.8. The molecule has 3 aromatic rings. The van der Waals surface area contributed by atoms with Crippen molar-refractivity contribution in [1.29, 1.82) is 0 Å². The fourth-order valence-electron chi connectivity index (χ4n) is 2.99. The van der Waals surface area contributed by atoms with Crippen LogP contribution in [0.3, 0.4) is 0 Å². The number of aliphatic carboxylic acids is 1. The highest BCUT2D eigenvalue weighted by Gasteiger charge is 2.28. The normalized spacial score (nSPS) is 11.4. The summed E-state index contributed by atoms with van der Waals surface area (Å²) < 4.78 is 4.41. The van der Waals surface area contributed by atoms with E-state index < -0.39 is 10.7 Å². The van der Waals surface area contributed by atoms with Crippen LogP contribution < -0.4 is 4.90 Å². The van der Waals surface area contributed by atoms with Crippen molar-refractivity contribution in [2.75, 3.05) is 25.2 Å². The number of carbonyl (C=O) groups is 1. The second-order valence-electron chi connectivity index (χ2n) is 7.72. The molecule has 32 heavy (non-hydrogen) atoms. The van der Waals surface area contributed by atoms with Gasteiger partial charge in [-0.25, -0.2) is 9.97 Å². The van der Waals surface area contributed by atoms with Gasteiger partial charge in [-0.15, -0.1) is 11.8 Å². The number of carboxylic acid groups (broad SMARTS) is 1. The molecule has 0 fully saturated rings. The van der Waals surface area contributed by atoms with E-state index in [2.05, 4.69) is 9.88 Å². The highest BCUT2D eigenvalue weighted by atomic mass is 35.5. The van der Waals surface area contributed by atoms with Crippen molar-refractivity contribution < 1.29 is 14.6 Å². The SMILES string of the molecule is COCCN(Cc1ccc(SC(C)(C)C(=O)O)cc1)c1ccnc(-c2cccc(Cl)c2)n1. The van der Waals surface area contributed by atoms with Crippen LogP contribution in [0.5, 0.6) is 0 Å². The standard InChI is InChI=1S/C24H26ClN3O3S/c1-24(2,23(29)30)32-20-9-7-17(8-10-20)16-28(13-14-31-3)21-11-12-26-22(27-21)18-5-4-6-19(25)15-18/h4-12,15H,13-14,16H2,1-3H3,(H,29,30). The third kappa shape index (κ3) is 6.45. The van der Waals surface area contributed by atoms with E-state index in [0.717, 1.165) is 21.8 Å². The molecule has 0 spiro atoms. The van der Waals surface area contributed by atoms with Crippen molar-refractivity contribution in [2.24, 2.45) is 0 Å².